The molecule has 0 atom stereocenters. The van der Waals surface area contributed by atoms with E-state index >= 15 is 0 Å². The lowest BCUT2D eigenvalue weighted by molar-refractivity contribution is 0.422. The van der Waals surface area contributed by atoms with Crippen LogP contribution in [0.15, 0.2) is 18.2 Å². The van der Waals surface area contributed by atoms with E-state index in [0.717, 1.165) is 18.7 Å². The van der Waals surface area contributed by atoms with Crippen molar-refractivity contribution < 1.29 is 4.39 Å². The zero-order valence-electron chi connectivity index (χ0n) is 12.1. The lowest BCUT2D eigenvalue weighted by atomic mass is 9.89. The van der Waals surface area contributed by atoms with Crippen LogP contribution in [0.1, 0.15) is 43.8 Å². The van der Waals surface area contributed by atoms with E-state index in [1.165, 1.54) is 31.4 Å². The molecule has 0 unspecified atom stereocenters. The Labute approximate surface area is 128 Å². The van der Waals surface area contributed by atoms with Crippen molar-refractivity contribution in [2.24, 2.45) is 7.05 Å². The zero-order valence-corrected chi connectivity index (χ0v) is 12.8. The summed E-state index contributed by atoms with van der Waals surface area (Å²) in [6, 6.07) is 4.32. The second-order valence-corrected chi connectivity index (χ2v) is 6.13. The van der Waals surface area contributed by atoms with Crippen LogP contribution in [-0.2, 0) is 7.05 Å². The Balaban J connectivity index is 2.03. The molecule has 0 spiro atoms. The number of aromatic nitrogens is 2. The summed E-state index contributed by atoms with van der Waals surface area (Å²) in [5.74, 6) is 1.71. The fraction of sp³-hybridized carbons (Fsp3) is 0.438. The van der Waals surface area contributed by atoms with Crippen molar-refractivity contribution in [3.8, 4) is 11.3 Å². The summed E-state index contributed by atoms with van der Waals surface area (Å²) in [4.78, 5) is 4.72. The van der Waals surface area contributed by atoms with Gasteiger partial charge in [-0.15, -0.1) is 0 Å². The molecule has 21 heavy (non-hydrogen) atoms. The Bertz CT molecular complexity index is 660. The summed E-state index contributed by atoms with van der Waals surface area (Å²) >= 11 is 6.14. The first kappa shape index (κ1) is 14.4. The number of benzene rings is 1. The van der Waals surface area contributed by atoms with Crippen LogP contribution in [0.25, 0.3) is 11.3 Å². The standard InChI is InChI=1S/C16H19ClFN3/c1-21-15(19)14(12-8-7-11(18)9-13(12)17)20-16(21)10-5-3-2-4-6-10/h7-10H,2-6,19H2,1H3. The molecular weight excluding hydrogens is 289 g/mol. The molecule has 0 aliphatic heterocycles. The van der Waals surface area contributed by atoms with Gasteiger partial charge in [0, 0.05) is 18.5 Å². The topological polar surface area (TPSA) is 43.8 Å². The van der Waals surface area contributed by atoms with Crippen LogP contribution in [0.5, 0.6) is 0 Å². The third-order valence-corrected chi connectivity index (χ3v) is 4.64. The van der Waals surface area contributed by atoms with E-state index in [2.05, 4.69) is 0 Å². The van der Waals surface area contributed by atoms with E-state index < -0.39 is 0 Å². The quantitative estimate of drug-likeness (QED) is 0.887. The first-order chi connectivity index (χ1) is 10.1. The van der Waals surface area contributed by atoms with E-state index in [9.17, 15) is 4.39 Å². The Kier molecular flexibility index (Phi) is 3.89. The Morgan fingerprint density at radius 3 is 2.67 bits per heavy atom. The van der Waals surface area contributed by atoms with Crippen molar-refractivity contribution in [3.63, 3.8) is 0 Å². The van der Waals surface area contributed by atoms with Crippen molar-refractivity contribution in [2.45, 2.75) is 38.0 Å². The van der Waals surface area contributed by atoms with Crippen LogP contribution < -0.4 is 5.73 Å². The molecule has 2 aromatic rings. The highest BCUT2D eigenvalue weighted by molar-refractivity contribution is 6.33. The van der Waals surface area contributed by atoms with Crippen molar-refractivity contribution in [3.05, 3.63) is 34.9 Å². The van der Waals surface area contributed by atoms with Crippen molar-refractivity contribution in [1.29, 1.82) is 0 Å². The zero-order chi connectivity index (χ0) is 15.0. The molecule has 1 aromatic heterocycles. The molecular formula is C16H19ClFN3. The first-order valence-corrected chi connectivity index (χ1v) is 7.73. The van der Waals surface area contributed by atoms with E-state index in [-0.39, 0.29) is 5.82 Å². The highest BCUT2D eigenvalue weighted by Crippen LogP contribution is 2.37. The Morgan fingerprint density at radius 1 is 1.29 bits per heavy atom. The van der Waals surface area contributed by atoms with Gasteiger partial charge in [0.2, 0.25) is 0 Å². The molecule has 2 N–H and O–H groups in total. The lowest BCUT2D eigenvalue weighted by Gasteiger charge is -2.21. The van der Waals surface area contributed by atoms with E-state index in [0.29, 0.717) is 28.0 Å². The Morgan fingerprint density at radius 2 is 2.00 bits per heavy atom. The third kappa shape index (κ3) is 2.64. The van der Waals surface area contributed by atoms with Gasteiger partial charge in [0.25, 0.3) is 0 Å². The predicted octanol–water partition coefficient (Wildman–Crippen LogP) is 4.51. The van der Waals surface area contributed by atoms with Crippen molar-refractivity contribution in [1.82, 2.24) is 9.55 Å². The first-order valence-electron chi connectivity index (χ1n) is 7.35. The molecule has 1 heterocycles. The molecule has 0 bridgehead atoms. The van der Waals surface area contributed by atoms with Gasteiger partial charge in [-0.05, 0) is 31.0 Å². The molecule has 0 radical (unpaired) electrons. The molecule has 3 rings (SSSR count). The maximum Gasteiger partial charge on any atom is 0.131 e. The summed E-state index contributed by atoms with van der Waals surface area (Å²) in [5, 5.41) is 0.343. The van der Waals surface area contributed by atoms with E-state index in [1.807, 2.05) is 11.6 Å². The molecule has 0 amide bonds. The van der Waals surface area contributed by atoms with Gasteiger partial charge in [-0.3, -0.25) is 0 Å². The summed E-state index contributed by atoms with van der Waals surface area (Å²) in [7, 11) is 1.94. The van der Waals surface area contributed by atoms with Gasteiger partial charge in [0.1, 0.15) is 23.2 Å². The van der Waals surface area contributed by atoms with Crippen molar-refractivity contribution >= 4 is 17.4 Å². The number of hydrogen-bond acceptors (Lipinski definition) is 2. The third-order valence-electron chi connectivity index (χ3n) is 4.33. The molecule has 1 aliphatic rings. The van der Waals surface area contributed by atoms with Crippen molar-refractivity contribution in [2.75, 3.05) is 5.73 Å². The molecule has 1 aliphatic carbocycles. The van der Waals surface area contributed by atoms with E-state index in [4.69, 9.17) is 22.3 Å². The average Bonchev–Trinajstić information content (AvgIpc) is 2.77. The second kappa shape index (κ2) is 5.68. The number of nitrogen functional groups attached to an aromatic ring is 1. The summed E-state index contributed by atoms with van der Waals surface area (Å²) in [6.07, 6.45) is 6.09. The highest BCUT2D eigenvalue weighted by Gasteiger charge is 2.24. The maximum absolute atomic E-state index is 13.2. The van der Waals surface area contributed by atoms with Crippen LogP contribution in [0.2, 0.25) is 5.02 Å². The fourth-order valence-corrected chi connectivity index (χ4v) is 3.39. The van der Waals surface area contributed by atoms with Gasteiger partial charge in [-0.25, -0.2) is 9.37 Å². The molecule has 1 fully saturated rings. The predicted molar refractivity (Wildman–Crippen MR) is 83.9 cm³/mol. The average molecular weight is 308 g/mol. The van der Waals surface area contributed by atoms with Crippen LogP contribution in [-0.4, -0.2) is 9.55 Å². The number of anilines is 1. The number of rotatable bonds is 2. The van der Waals surface area contributed by atoms with Gasteiger partial charge in [-0.1, -0.05) is 30.9 Å². The summed E-state index contributed by atoms with van der Waals surface area (Å²) in [6.45, 7) is 0. The SMILES string of the molecule is Cn1c(C2CCCCC2)nc(-c2ccc(F)cc2Cl)c1N. The highest BCUT2D eigenvalue weighted by atomic mass is 35.5. The van der Waals surface area contributed by atoms with Gasteiger partial charge >= 0.3 is 0 Å². The fourth-order valence-electron chi connectivity index (χ4n) is 3.13. The molecule has 0 saturated heterocycles. The van der Waals surface area contributed by atoms with Crippen LogP contribution in [0, 0.1) is 5.82 Å². The minimum Gasteiger partial charge on any atom is -0.383 e. The number of hydrogen-bond donors (Lipinski definition) is 1. The Hall–Kier alpha value is -1.55. The minimum absolute atomic E-state index is 0.343. The molecule has 3 nitrogen and oxygen atoms in total. The smallest absolute Gasteiger partial charge is 0.131 e. The second-order valence-electron chi connectivity index (χ2n) is 5.72. The molecule has 112 valence electrons. The lowest BCUT2D eigenvalue weighted by Crippen LogP contribution is -2.11. The van der Waals surface area contributed by atoms with Gasteiger partial charge < -0.3 is 10.3 Å². The molecule has 5 heteroatoms. The van der Waals surface area contributed by atoms with Crippen LogP contribution >= 0.6 is 11.6 Å². The number of imidazole rings is 1. The number of nitrogens with zero attached hydrogens (tertiary/aromatic N) is 2. The number of halogens is 2. The summed E-state index contributed by atoms with van der Waals surface area (Å²) in [5.41, 5.74) is 7.54. The van der Waals surface area contributed by atoms with Crippen LogP contribution in [0.4, 0.5) is 10.2 Å². The van der Waals surface area contributed by atoms with Gasteiger partial charge in [0.15, 0.2) is 0 Å². The summed E-state index contributed by atoms with van der Waals surface area (Å²) < 4.78 is 15.1. The normalized spacial score (nSPS) is 16.3. The van der Waals surface area contributed by atoms with Gasteiger partial charge in [-0.2, -0.15) is 0 Å². The number of nitrogens with two attached hydrogens (primary N) is 1. The maximum atomic E-state index is 13.2. The van der Waals surface area contributed by atoms with E-state index in [1.54, 1.807) is 6.07 Å². The molecule has 1 aromatic carbocycles. The largest absolute Gasteiger partial charge is 0.383 e. The minimum atomic E-state index is -0.356. The monoisotopic (exact) mass is 307 g/mol. The molecule has 1 saturated carbocycles. The van der Waals surface area contributed by atoms with Crippen LogP contribution in [0.3, 0.4) is 0 Å². The van der Waals surface area contributed by atoms with Gasteiger partial charge in [0.05, 0.1) is 5.02 Å².